The molecule has 0 aromatic carbocycles. The van der Waals surface area contributed by atoms with Gasteiger partial charge in [0.05, 0.1) is 6.10 Å². The third-order valence-electron chi connectivity index (χ3n) is 2.69. The van der Waals surface area contributed by atoms with Crippen LogP contribution in [0.5, 0.6) is 0 Å². The molecule has 0 bridgehead atoms. The average Bonchev–Trinajstić information content (AvgIpc) is 2.14. The number of nitrogens with one attached hydrogen (secondary N) is 1. The lowest BCUT2D eigenvalue weighted by Crippen LogP contribution is -2.41. The molecule has 1 amide bonds. The zero-order valence-electron chi connectivity index (χ0n) is 9.76. The summed E-state index contributed by atoms with van der Waals surface area (Å²) < 4.78 is 0. The van der Waals surface area contributed by atoms with Crippen LogP contribution < -0.4 is 5.32 Å². The van der Waals surface area contributed by atoms with Gasteiger partial charge in [-0.05, 0) is 19.8 Å². The first kappa shape index (κ1) is 13.4. The molecule has 0 heterocycles. The highest BCUT2D eigenvalue weighted by Gasteiger charge is 2.29. The van der Waals surface area contributed by atoms with Gasteiger partial charge in [-0.15, -0.1) is 0 Å². The molecule has 0 fully saturated rings. The zero-order chi connectivity index (χ0) is 11.2. The van der Waals surface area contributed by atoms with Crippen molar-refractivity contribution in [2.75, 3.05) is 6.54 Å². The first-order chi connectivity index (χ1) is 6.46. The molecule has 0 aliphatic rings. The lowest BCUT2D eigenvalue weighted by Gasteiger charge is -2.26. The lowest BCUT2D eigenvalue weighted by molar-refractivity contribution is -0.131. The van der Waals surface area contributed by atoms with E-state index in [2.05, 4.69) is 12.2 Å². The van der Waals surface area contributed by atoms with E-state index < -0.39 is 6.10 Å². The van der Waals surface area contributed by atoms with Gasteiger partial charge in [0.15, 0.2) is 0 Å². The van der Waals surface area contributed by atoms with Crippen LogP contribution in [-0.2, 0) is 4.79 Å². The molecule has 0 saturated heterocycles. The number of aliphatic hydroxyl groups is 1. The summed E-state index contributed by atoms with van der Waals surface area (Å²) in [4.78, 5) is 11.8. The van der Waals surface area contributed by atoms with Crippen molar-refractivity contribution in [2.24, 2.45) is 5.41 Å². The molecule has 2 unspecified atom stereocenters. The normalized spacial score (nSPS) is 17.2. The maximum absolute atomic E-state index is 11.8. The molecule has 2 atom stereocenters. The molecular formula is C11H23NO2. The van der Waals surface area contributed by atoms with Crippen LogP contribution in [0, 0.1) is 5.41 Å². The summed E-state index contributed by atoms with van der Waals surface area (Å²) in [5.74, 6) is 0.0581. The highest BCUT2D eigenvalue weighted by molar-refractivity contribution is 5.82. The van der Waals surface area contributed by atoms with E-state index in [1.54, 1.807) is 6.92 Å². The molecule has 0 aromatic rings. The van der Waals surface area contributed by atoms with Crippen LogP contribution >= 0.6 is 0 Å². The fourth-order valence-corrected chi connectivity index (χ4v) is 1.46. The predicted molar refractivity (Wildman–Crippen MR) is 58.0 cm³/mol. The third-order valence-corrected chi connectivity index (χ3v) is 2.69. The molecule has 3 heteroatoms. The topological polar surface area (TPSA) is 49.3 Å². The Morgan fingerprint density at radius 3 is 2.43 bits per heavy atom. The van der Waals surface area contributed by atoms with Crippen molar-refractivity contribution < 1.29 is 9.90 Å². The quantitative estimate of drug-likeness (QED) is 0.687. The van der Waals surface area contributed by atoms with Crippen LogP contribution in [0.25, 0.3) is 0 Å². The van der Waals surface area contributed by atoms with Gasteiger partial charge in [-0.2, -0.15) is 0 Å². The Morgan fingerprint density at radius 2 is 2.07 bits per heavy atom. The number of amides is 1. The van der Waals surface area contributed by atoms with E-state index in [0.717, 1.165) is 19.3 Å². The summed E-state index contributed by atoms with van der Waals surface area (Å²) in [5, 5.41) is 11.8. The van der Waals surface area contributed by atoms with Gasteiger partial charge in [0, 0.05) is 12.0 Å². The Labute approximate surface area is 86.9 Å². The molecule has 0 aliphatic heterocycles. The molecule has 0 aliphatic carbocycles. The van der Waals surface area contributed by atoms with Crippen LogP contribution in [0.1, 0.15) is 47.0 Å². The van der Waals surface area contributed by atoms with Crippen molar-refractivity contribution in [2.45, 2.75) is 53.1 Å². The fourth-order valence-electron chi connectivity index (χ4n) is 1.46. The Bertz CT molecular complexity index is 180. The summed E-state index contributed by atoms with van der Waals surface area (Å²) in [7, 11) is 0. The van der Waals surface area contributed by atoms with E-state index in [9.17, 15) is 4.79 Å². The molecule has 0 radical (unpaired) electrons. The van der Waals surface area contributed by atoms with Crippen molar-refractivity contribution in [1.82, 2.24) is 5.32 Å². The summed E-state index contributed by atoms with van der Waals surface area (Å²) >= 11 is 0. The van der Waals surface area contributed by atoms with E-state index in [1.807, 2.05) is 13.8 Å². The Hall–Kier alpha value is -0.570. The first-order valence-corrected chi connectivity index (χ1v) is 5.42. The second-order valence-corrected chi connectivity index (χ2v) is 4.22. The minimum Gasteiger partial charge on any atom is -0.392 e. The van der Waals surface area contributed by atoms with Gasteiger partial charge < -0.3 is 10.4 Å². The minimum absolute atomic E-state index is 0.0581. The maximum atomic E-state index is 11.8. The first-order valence-electron chi connectivity index (χ1n) is 5.42. The molecule has 14 heavy (non-hydrogen) atoms. The number of carbonyl (C=O) groups excluding carboxylic acids is 1. The maximum Gasteiger partial charge on any atom is 0.226 e. The van der Waals surface area contributed by atoms with Gasteiger partial charge in [0.2, 0.25) is 5.91 Å². The third kappa shape index (κ3) is 4.09. The van der Waals surface area contributed by atoms with Crippen LogP contribution in [0.15, 0.2) is 0 Å². The number of aliphatic hydroxyl groups excluding tert-OH is 1. The lowest BCUT2D eigenvalue weighted by atomic mass is 9.82. The van der Waals surface area contributed by atoms with Crippen LogP contribution in [0.4, 0.5) is 0 Å². The molecule has 2 N–H and O–H groups in total. The molecule has 3 nitrogen and oxygen atoms in total. The zero-order valence-corrected chi connectivity index (χ0v) is 9.76. The molecule has 0 spiro atoms. The molecule has 84 valence electrons. The second kappa shape index (κ2) is 6.02. The van der Waals surface area contributed by atoms with Crippen molar-refractivity contribution in [3.63, 3.8) is 0 Å². The Kier molecular flexibility index (Phi) is 5.77. The standard InChI is InChI=1S/C11H23NO2/c1-5-7-11(4,6-2)10(14)12-8-9(3)13/h9,13H,5-8H2,1-4H3,(H,12,14). The van der Waals surface area contributed by atoms with E-state index in [-0.39, 0.29) is 11.3 Å². The summed E-state index contributed by atoms with van der Waals surface area (Å²) in [5.41, 5.74) is -0.274. The van der Waals surface area contributed by atoms with Crippen LogP contribution in [0.3, 0.4) is 0 Å². The second-order valence-electron chi connectivity index (χ2n) is 4.22. The van der Waals surface area contributed by atoms with E-state index >= 15 is 0 Å². The number of rotatable bonds is 6. The SMILES string of the molecule is CCCC(C)(CC)C(=O)NCC(C)O. The summed E-state index contributed by atoms with van der Waals surface area (Å²) in [6.07, 6.45) is 2.27. The molecular weight excluding hydrogens is 178 g/mol. The monoisotopic (exact) mass is 201 g/mol. The van der Waals surface area contributed by atoms with Gasteiger partial charge in [-0.25, -0.2) is 0 Å². The van der Waals surface area contributed by atoms with Crippen LogP contribution in [0.2, 0.25) is 0 Å². The number of carbonyl (C=O) groups is 1. The smallest absolute Gasteiger partial charge is 0.226 e. The minimum atomic E-state index is -0.471. The van der Waals surface area contributed by atoms with Crippen LogP contribution in [-0.4, -0.2) is 23.7 Å². The van der Waals surface area contributed by atoms with Crippen molar-refractivity contribution in [1.29, 1.82) is 0 Å². The molecule has 0 saturated carbocycles. The molecule has 0 rings (SSSR count). The summed E-state index contributed by atoms with van der Waals surface area (Å²) in [6.45, 7) is 8.10. The Morgan fingerprint density at radius 1 is 1.50 bits per heavy atom. The van der Waals surface area contributed by atoms with Gasteiger partial charge in [-0.3, -0.25) is 4.79 Å². The van der Waals surface area contributed by atoms with Gasteiger partial charge in [-0.1, -0.05) is 27.2 Å². The van der Waals surface area contributed by atoms with E-state index in [0.29, 0.717) is 6.54 Å². The number of hydrogen-bond donors (Lipinski definition) is 2. The Balaban J connectivity index is 4.16. The summed E-state index contributed by atoms with van der Waals surface area (Å²) in [6, 6.07) is 0. The van der Waals surface area contributed by atoms with Gasteiger partial charge in [0.25, 0.3) is 0 Å². The van der Waals surface area contributed by atoms with E-state index in [1.165, 1.54) is 0 Å². The average molecular weight is 201 g/mol. The highest BCUT2D eigenvalue weighted by atomic mass is 16.3. The van der Waals surface area contributed by atoms with Crippen molar-refractivity contribution >= 4 is 5.91 Å². The predicted octanol–water partition coefficient (Wildman–Crippen LogP) is 1.70. The van der Waals surface area contributed by atoms with Gasteiger partial charge >= 0.3 is 0 Å². The largest absolute Gasteiger partial charge is 0.392 e. The molecule has 0 aromatic heterocycles. The fraction of sp³-hybridized carbons (Fsp3) is 0.909. The van der Waals surface area contributed by atoms with E-state index in [4.69, 9.17) is 5.11 Å². The highest BCUT2D eigenvalue weighted by Crippen LogP contribution is 2.27. The van der Waals surface area contributed by atoms with Gasteiger partial charge in [0.1, 0.15) is 0 Å². The van der Waals surface area contributed by atoms with Crippen molar-refractivity contribution in [3.8, 4) is 0 Å². The number of hydrogen-bond acceptors (Lipinski definition) is 2. The van der Waals surface area contributed by atoms with Crippen molar-refractivity contribution in [3.05, 3.63) is 0 Å².